The molecular weight excluding hydrogens is 276 g/mol. The van der Waals surface area contributed by atoms with Crippen LogP contribution in [0, 0.1) is 11.6 Å². The average Bonchev–Trinajstić information content (AvgIpc) is 2.30. The molecule has 19 heavy (non-hydrogen) atoms. The molecule has 0 aromatic heterocycles. The molecule has 3 N–H and O–H groups in total. The lowest BCUT2D eigenvalue weighted by Gasteiger charge is -2.20. The number of hydrogen-bond donors (Lipinski definition) is 2. The molecule has 1 aromatic rings. The minimum Gasteiger partial charge on any atom is -0.396 e. The predicted octanol–water partition coefficient (Wildman–Crippen LogP) is 0.775. The summed E-state index contributed by atoms with van der Waals surface area (Å²) in [6.07, 6.45) is 0. The molecule has 0 spiro atoms. The fourth-order valence-electron chi connectivity index (χ4n) is 1.24. The first-order valence-corrected chi connectivity index (χ1v) is 7.04. The molecule has 8 heteroatoms. The van der Waals surface area contributed by atoms with Crippen LogP contribution in [0.25, 0.3) is 0 Å². The third-order valence-corrected chi connectivity index (χ3v) is 4.23. The fourth-order valence-corrected chi connectivity index (χ4v) is 2.46. The lowest BCUT2D eigenvalue weighted by Crippen LogP contribution is -2.38. The van der Waals surface area contributed by atoms with Gasteiger partial charge in [0.1, 0.15) is 16.5 Å². The lowest BCUT2D eigenvalue weighted by molar-refractivity contribution is 0.313. The van der Waals surface area contributed by atoms with E-state index in [1.807, 2.05) is 0 Å². The maximum atomic E-state index is 13.5. The summed E-state index contributed by atoms with van der Waals surface area (Å²) in [6.45, 7) is 1.91. The zero-order valence-electron chi connectivity index (χ0n) is 10.9. The van der Waals surface area contributed by atoms with Crippen molar-refractivity contribution in [1.82, 2.24) is 9.62 Å². The van der Waals surface area contributed by atoms with Gasteiger partial charge in [-0.15, -0.1) is 0 Å². The Morgan fingerprint density at radius 2 is 1.89 bits per heavy atom. The minimum absolute atomic E-state index is 0.0735. The number of halogens is 2. The summed E-state index contributed by atoms with van der Waals surface area (Å²) in [5.74, 6) is -2.16. The van der Waals surface area contributed by atoms with Gasteiger partial charge in [-0.3, -0.25) is 0 Å². The number of nitrogen functional groups attached to an aromatic ring is 1. The number of benzene rings is 1. The SMILES string of the molecule is CC(CNS(=O)(=O)c1cc(N)c(F)cc1F)N(C)C. The number of rotatable bonds is 5. The van der Waals surface area contributed by atoms with E-state index in [1.165, 1.54) is 0 Å². The molecule has 0 bridgehead atoms. The van der Waals surface area contributed by atoms with E-state index in [1.54, 1.807) is 25.9 Å². The predicted molar refractivity (Wildman–Crippen MR) is 69.1 cm³/mol. The first-order valence-electron chi connectivity index (χ1n) is 5.55. The van der Waals surface area contributed by atoms with Crippen molar-refractivity contribution in [3.63, 3.8) is 0 Å². The van der Waals surface area contributed by atoms with E-state index in [0.717, 1.165) is 6.07 Å². The van der Waals surface area contributed by atoms with Crippen LogP contribution in [0.1, 0.15) is 6.92 Å². The average molecular weight is 293 g/mol. The number of sulfonamides is 1. The van der Waals surface area contributed by atoms with Crippen LogP contribution in [0.2, 0.25) is 0 Å². The number of anilines is 1. The second-order valence-electron chi connectivity index (χ2n) is 4.47. The van der Waals surface area contributed by atoms with Crippen molar-refractivity contribution < 1.29 is 17.2 Å². The van der Waals surface area contributed by atoms with Crippen LogP contribution < -0.4 is 10.5 Å². The molecule has 0 aliphatic carbocycles. The first-order chi connectivity index (χ1) is 8.65. The topological polar surface area (TPSA) is 75.4 Å². The summed E-state index contributed by atoms with van der Waals surface area (Å²) in [5, 5.41) is 0. The van der Waals surface area contributed by atoms with Crippen molar-refractivity contribution in [1.29, 1.82) is 0 Å². The minimum atomic E-state index is -4.06. The zero-order chi connectivity index (χ0) is 14.8. The van der Waals surface area contributed by atoms with Gasteiger partial charge >= 0.3 is 0 Å². The molecule has 5 nitrogen and oxygen atoms in total. The molecule has 1 atom stereocenters. The first kappa shape index (κ1) is 15.8. The van der Waals surface area contributed by atoms with Crippen molar-refractivity contribution in [3.05, 3.63) is 23.8 Å². The molecule has 0 aliphatic heterocycles. The smallest absolute Gasteiger partial charge is 0.243 e. The van der Waals surface area contributed by atoms with E-state index in [9.17, 15) is 17.2 Å². The molecule has 0 aliphatic rings. The van der Waals surface area contributed by atoms with Gasteiger partial charge in [0.15, 0.2) is 0 Å². The van der Waals surface area contributed by atoms with Crippen molar-refractivity contribution >= 4 is 15.7 Å². The Bertz CT molecular complexity index is 561. The summed E-state index contributed by atoms with van der Waals surface area (Å²) < 4.78 is 52.5. The van der Waals surface area contributed by atoms with Crippen molar-refractivity contribution in [2.75, 3.05) is 26.4 Å². The van der Waals surface area contributed by atoms with Crippen LogP contribution in [0.3, 0.4) is 0 Å². The largest absolute Gasteiger partial charge is 0.396 e. The Hall–Kier alpha value is -1.25. The summed E-state index contributed by atoms with van der Waals surface area (Å²) in [7, 11) is -0.483. The highest BCUT2D eigenvalue weighted by Crippen LogP contribution is 2.20. The fraction of sp³-hybridized carbons (Fsp3) is 0.455. The van der Waals surface area contributed by atoms with E-state index in [0.29, 0.717) is 6.07 Å². The van der Waals surface area contributed by atoms with Gasteiger partial charge in [-0.1, -0.05) is 0 Å². The Morgan fingerprint density at radius 1 is 1.32 bits per heavy atom. The van der Waals surface area contributed by atoms with Gasteiger partial charge in [0.2, 0.25) is 10.0 Å². The van der Waals surface area contributed by atoms with E-state index in [4.69, 9.17) is 5.73 Å². The number of likely N-dealkylation sites (N-methyl/N-ethyl adjacent to an activating group) is 1. The zero-order valence-corrected chi connectivity index (χ0v) is 11.8. The Labute approximate surface area is 111 Å². The van der Waals surface area contributed by atoms with Crippen molar-refractivity contribution in [3.8, 4) is 0 Å². The quantitative estimate of drug-likeness (QED) is 0.787. The molecule has 1 aromatic carbocycles. The molecule has 108 valence electrons. The molecule has 0 amide bonds. The standard InChI is InChI=1S/C11H17F2N3O2S/c1-7(16(2)3)6-15-19(17,18)11-5-10(14)8(12)4-9(11)13/h4-5,7,15H,6,14H2,1-3H3. The second kappa shape index (κ2) is 5.81. The highest BCUT2D eigenvalue weighted by molar-refractivity contribution is 7.89. The van der Waals surface area contributed by atoms with E-state index in [-0.39, 0.29) is 12.6 Å². The summed E-state index contributed by atoms with van der Waals surface area (Å²) in [4.78, 5) is 1.15. The van der Waals surface area contributed by atoms with E-state index < -0.39 is 32.2 Å². The Morgan fingerprint density at radius 3 is 2.42 bits per heavy atom. The van der Waals surface area contributed by atoms with Gasteiger partial charge in [-0.05, 0) is 27.1 Å². The maximum absolute atomic E-state index is 13.5. The number of nitrogens with one attached hydrogen (secondary N) is 1. The second-order valence-corrected chi connectivity index (χ2v) is 6.20. The maximum Gasteiger partial charge on any atom is 0.243 e. The number of nitrogens with two attached hydrogens (primary N) is 1. The monoisotopic (exact) mass is 293 g/mol. The van der Waals surface area contributed by atoms with Gasteiger partial charge in [-0.25, -0.2) is 21.9 Å². The Kier molecular flexibility index (Phi) is 4.83. The van der Waals surface area contributed by atoms with Gasteiger partial charge in [0.25, 0.3) is 0 Å². The molecule has 0 saturated carbocycles. The lowest BCUT2D eigenvalue weighted by atomic mass is 10.3. The highest BCUT2D eigenvalue weighted by Gasteiger charge is 2.22. The van der Waals surface area contributed by atoms with Crippen LogP contribution in [0.15, 0.2) is 17.0 Å². The van der Waals surface area contributed by atoms with Gasteiger partial charge in [0.05, 0.1) is 5.69 Å². The molecule has 0 heterocycles. The Balaban J connectivity index is 2.98. The van der Waals surface area contributed by atoms with Crippen LogP contribution in [-0.4, -0.2) is 40.0 Å². The summed E-state index contributed by atoms with van der Waals surface area (Å²) >= 11 is 0. The third kappa shape index (κ3) is 3.85. The van der Waals surface area contributed by atoms with Gasteiger partial charge in [-0.2, -0.15) is 0 Å². The number of nitrogens with zero attached hydrogens (tertiary/aromatic N) is 1. The van der Waals surface area contributed by atoms with Crippen LogP contribution in [-0.2, 0) is 10.0 Å². The summed E-state index contributed by atoms with van der Waals surface area (Å²) in [6, 6.07) is 1.16. The molecule has 0 saturated heterocycles. The van der Waals surface area contributed by atoms with Gasteiger partial charge in [0, 0.05) is 18.7 Å². The van der Waals surface area contributed by atoms with E-state index >= 15 is 0 Å². The van der Waals surface area contributed by atoms with Crippen molar-refractivity contribution in [2.45, 2.75) is 17.9 Å². The van der Waals surface area contributed by atoms with E-state index in [2.05, 4.69) is 4.72 Å². The van der Waals surface area contributed by atoms with Crippen LogP contribution in [0.4, 0.5) is 14.5 Å². The van der Waals surface area contributed by atoms with Crippen LogP contribution >= 0.6 is 0 Å². The molecule has 0 radical (unpaired) electrons. The molecule has 1 unspecified atom stereocenters. The normalized spacial score (nSPS) is 13.8. The molecular formula is C11H17F2N3O2S. The molecule has 0 fully saturated rings. The van der Waals surface area contributed by atoms with Crippen molar-refractivity contribution in [2.24, 2.45) is 0 Å². The van der Waals surface area contributed by atoms with Crippen LogP contribution in [0.5, 0.6) is 0 Å². The summed E-state index contributed by atoms with van der Waals surface area (Å²) in [5.41, 5.74) is 4.83. The third-order valence-electron chi connectivity index (χ3n) is 2.79. The molecule has 1 rings (SSSR count). The van der Waals surface area contributed by atoms with Gasteiger partial charge < -0.3 is 10.6 Å². The highest BCUT2D eigenvalue weighted by atomic mass is 32.2. The number of hydrogen-bond acceptors (Lipinski definition) is 4.